The van der Waals surface area contributed by atoms with Crippen molar-refractivity contribution >= 4 is 5.82 Å². The average Bonchev–Trinajstić information content (AvgIpc) is 2.72. The van der Waals surface area contributed by atoms with Gasteiger partial charge in [0.15, 0.2) is 5.82 Å². The number of phenolic OH excluding ortho intramolecular Hbond substituents is 1. The van der Waals surface area contributed by atoms with E-state index in [0.29, 0.717) is 18.8 Å². The lowest BCUT2D eigenvalue weighted by molar-refractivity contribution is -0.137. The maximum atomic E-state index is 12.9. The van der Waals surface area contributed by atoms with Crippen LogP contribution in [0.5, 0.6) is 5.75 Å². The summed E-state index contributed by atoms with van der Waals surface area (Å²) < 4.78 is 44.6. The molecule has 2 fully saturated rings. The van der Waals surface area contributed by atoms with E-state index in [1.807, 2.05) is 13.0 Å². The van der Waals surface area contributed by atoms with Crippen LogP contribution in [0.2, 0.25) is 0 Å². The molecule has 0 unspecified atom stereocenters. The summed E-state index contributed by atoms with van der Waals surface area (Å²) in [5.41, 5.74) is 0.437. The van der Waals surface area contributed by atoms with E-state index in [9.17, 15) is 18.3 Å². The first-order valence-corrected chi connectivity index (χ1v) is 10.1. The predicted molar refractivity (Wildman–Crippen MR) is 106 cm³/mol. The number of rotatable bonds is 3. The Bertz CT molecular complexity index is 922. The van der Waals surface area contributed by atoms with Gasteiger partial charge in [-0.3, -0.25) is 0 Å². The molecule has 6 nitrogen and oxygen atoms in total. The molecule has 0 aliphatic carbocycles. The number of phenols is 1. The highest BCUT2D eigenvalue weighted by atomic mass is 19.4. The Balaban J connectivity index is 1.62. The molecule has 30 heavy (non-hydrogen) atoms. The molecule has 2 aliphatic heterocycles. The number of halogens is 3. The lowest BCUT2D eigenvalue weighted by Gasteiger charge is -2.47. The van der Waals surface area contributed by atoms with Crippen LogP contribution in [0.25, 0.3) is 11.3 Å². The third-order valence-corrected chi connectivity index (χ3v) is 5.96. The summed E-state index contributed by atoms with van der Waals surface area (Å²) in [6.45, 7) is 8.18. The minimum Gasteiger partial charge on any atom is -0.507 e. The van der Waals surface area contributed by atoms with E-state index in [2.05, 4.69) is 26.9 Å². The zero-order chi connectivity index (χ0) is 21.5. The number of likely N-dealkylation sites (tertiary alicyclic amines) is 1. The number of alkyl halides is 3. The van der Waals surface area contributed by atoms with Crippen LogP contribution in [0, 0.1) is 6.92 Å². The van der Waals surface area contributed by atoms with E-state index in [1.54, 1.807) is 0 Å². The van der Waals surface area contributed by atoms with Gasteiger partial charge in [0.1, 0.15) is 5.75 Å². The molecule has 2 atom stereocenters. The van der Waals surface area contributed by atoms with Gasteiger partial charge in [0, 0.05) is 25.2 Å². The molecule has 4 rings (SSSR count). The molecule has 1 N–H and O–H groups in total. The summed E-state index contributed by atoms with van der Waals surface area (Å²) in [5.74, 6) is 0.256. The number of aryl methyl sites for hydroxylation is 1. The van der Waals surface area contributed by atoms with Gasteiger partial charge in [-0.2, -0.15) is 13.2 Å². The zero-order valence-electron chi connectivity index (χ0n) is 17.0. The standard InChI is InChI=1S/C21H25F3N4O2/c1-3-27-7-6-18-16(12-27)28(8-9-30-18)19-10-13(2)20(26-25-19)15-5-4-14(11-17(15)29)21(22,23)24/h4-5,10-11,16,18,29H,3,6-9,12H2,1-2H3/t16-,18+/m0/s1. The third-order valence-electron chi connectivity index (χ3n) is 5.96. The van der Waals surface area contributed by atoms with E-state index in [4.69, 9.17) is 4.74 Å². The number of ether oxygens (including phenoxy) is 1. The van der Waals surface area contributed by atoms with E-state index < -0.39 is 17.5 Å². The Morgan fingerprint density at radius 1 is 1.20 bits per heavy atom. The van der Waals surface area contributed by atoms with Gasteiger partial charge in [0.05, 0.1) is 30.0 Å². The number of likely N-dealkylation sites (N-methyl/N-ethyl adjacent to an activating group) is 1. The quantitative estimate of drug-likeness (QED) is 0.817. The highest BCUT2D eigenvalue weighted by molar-refractivity contribution is 5.70. The normalized spacial score (nSPS) is 22.8. The maximum Gasteiger partial charge on any atom is 0.416 e. The first-order chi connectivity index (χ1) is 14.3. The molecule has 2 saturated heterocycles. The Kier molecular flexibility index (Phi) is 5.59. The van der Waals surface area contributed by atoms with Gasteiger partial charge >= 0.3 is 6.18 Å². The Labute approximate surface area is 173 Å². The molecule has 1 aromatic heterocycles. The molecule has 162 valence electrons. The van der Waals surface area contributed by atoms with Crippen molar-refractivity contribution < 1.29 is 23.0 Å². The maximum absolute atomic E-state index is 12.9. The van der Waals surface area contributed by atoms with Crippen LogP contribution in [0.4, 0.5) is 19.0 Å². The number of aromatic hydroxyl groups is 1. The van der Waals surface area contributed by atoms with E-state index in [1.165, 1.54) is 6.07 Å². The van der Waals surface area contributed by atoms with Crippen LogP contribution in [0.15, 0.2) is 24.3 Å². The molecule has 2 aliphatic rings. The number of aromatic nitrogens is 2. The van der Waals surface area contributed by atoms with Crippen molar-refractivity contribution in [2.75, 3.05) is 37.7 Å². The largest absolute Gasteiger partial charge is 0.507 e. The second-order valence-corrected chi connectivity index (χ2v) is 7.82. The Hall–Kier alpha value is -2.39. The van der Waals surface area contributed by atoms with Crippen molar-refractivity contribution in [3.63, 3.8) is 0 Å². The van der Waals surface area contributed by atoms with Crippen molar-refractivity contribution in [1.29, 1.82) is 0 Å². The summed E-state index contributed by atoms with van der Waals surface area (Å²) in [7, 11) is 0. The van der Waals surface area contributed by atoms with Gasteiger partial charge in [-0.1, -0.05) is 6.92 Å². The second-order valence-electron chi connectivity index (χ2n) is 7.82. The number of hydrogen-bond acceptors (Lipinski definition) is 6. The molecule has 2 aromatic rings. The summed E-state index contributed by atoms with van der Waals surface area (Å²) in [4.78, 5) is 4.60. The second kappa shape index (κ2) is 8.03. The van der Waals surface area contributed by atoms with Crippen LogP contribution in [0.1, 0.15) is 24.5 Å². The topological polar surface area (TPSA) is 61.7 Å². The van der Waals surface area contributed by atoms with Gasteiger partial charge in [-0.15, -0.1) is 10.2 Å². The molecular weight excluding hydrogens is 397 g/mol. The zero-order valence-corrected chi connectivity index (χ0v) is 17.0. The number of morpholine rings is 1. The number of benzene rings is 1. The summed E-state index contributed by atoms with van der Waals surface area (Å²) in [5, 5.41) is 18.8. The molecule has 0 amide bonds. The Morgan fingerprint density at radius 2 is 2.00 bits per heavy atom. The fourth-order valence-corrected chi connectivity index (χ4v) is 4.30. The number of anilines is 1. The van der Waals surface area contributed by atoms with Crippen molar-refractivity contribution in [2.24, 2.45) is 0 Å². The first kappa shape index (κ1) is 20.9. The van der Waals surface area contributed by atoms with E-state index >= 15 is 0 Å². The minimum absolute atomic E-state index is 0.155. The van der Waals surface area contributed by atoms with Gasteiger partial charge in [-0.25, -0.2) is 0 Å². The molecule has 0 radical (unpaired) electrons. The molecular formula is C21H25F3N4O2. The molecule has 0 spiro atoms. The van der Waals surface area contributed by atoms with Crippen LogP contribution in [-0.2, 0) is 10.9 Å². The van der Waals surface area contributed by atoms with Crippen molar-refractivity contribution in [2.45, 2.75) is 38.6 Å². The van der Waals surface area contributed by atoms with Crippen LogP contribution < -0.4 is 4.90 Å². The summed E-state index contributed by atoms with van der Waals surface area (Å²) in [6.07, 6.45) is -3.39. The molecule has 9 heteroatoms. The fourth-order valence-electron chi connectivity index (χ4n) is 4.30. The van der Waals surface area contributed by atoms with Crippen molar-refractivity contribution in [1.82, 2.24) is 15.1 Å². The van der Waals surface area contributed by atoms with Crippen LogP contribution in [-0.4, -0.2) is 65.1 Å². The van der Waals surface area contributed by atoms with Crippen LogP contribution in [0.3, 0.4) is 0 Å². The molecule has 3 heterocycles. The fraction of sp³-hybridized carbons (Fsp3) is 0.524. The molecule has 0 bridgehead atoms. The first-order valence-electron chi connectivity index (χ1n) is 10.1. The predicted octanol–water partition coefficient (Wildman–Crippen LogP) is 3.48. The Morgan fingerprint density at radius 3 is 2.67 bits per heavy atom. The highest BCUT2D eigenvalue weighted by Crippen LogP contribution is 2.37. The molecule has 1 aromatic carbocycles. The summed E-state index contributed by atoms with van der Waals surface area (Å²) in [6, 6.07) is 4.97. The summed E-state index contributed by atoms with van der Waals surface area (Å²) >= 11 is 0. The minimum atomic E-state index is -4.51. The van der Waals surface area contributed by atoms with Crippen molar-refractivity contribution in [3.05, 3.63) is 35.4 Å². The number of nitrogens with zero attached hydrogens (tertiary/aromatic N) is 4. The van der Waals surface area contributed by atoms with E-state index in [0.717, 1.165) is 49.6 Å². The van der Waals surface area contributed by atoms with Crippen molar-refractivity contribution in [3.8, 4) is 17.0 Å². The number of piperidine rings is 1. The third kappa shape index (κ3) is 3.96. The number of fused-ring (bicyclic) bond motifs is 1. The molecule has 0 saturated carbocycles. The SMILES string of the molecule is CCN1CC[C@H]2OCCN(c3cc(C)c(-c4ccc(C(F)(F)F)cc4O)nn3)[C@H]2C1. The average molecular weight is 422 g/mol. The monoisotopic (exact) mass is 422 g/mol. The smallest absolute Gasteiger partial charge is 0.416 e. The van der Waals surface area contributed by atoms with E-state index in [-0.39, 0.29) is 17.7 Å². The van der Waals surface area contributed by atoms with Gasteiger partial charge < -0.3 is 19.6 Å². The highest BCUT2D eigenvalue weighted by Gasteiger charge is 2.37. The lowest BCUT2D eigenvalue weighted by atomic mass is 9.98. The number of hydrogen-bond donors (Lipinski definition) is 1. The van der Waals surface area contributed by atoms with Gasteiger partial charge in [0.2, 0.25) is 0 Å². The van der Waals surface area contributed by atoms with Gasteiger partial charge in [-0.05, 0) is 49.7 Å². The van der Waals surface area contributed by atoms with Crippen LogP contribution >= 0.6 is 0 Å². The lowest BCUT2D eigenvalue weighted by Crippen LogP contribution is -2.60. The van der Waals surface area contributed by atoms with Gasteiger partial charge in [0.25, 0.3) is 0 Å².